The first-order valence-corrected chi connectivity index (χ1v) is 44.1. The third-order valence-corrected chi connectivity index (χ3v) is 29.5. The lowest BCUT2D eigenvalue weighted by atomic mass is 9.60. The highest BCUT2D eigenvalue weighted by Crippen LogP contribution is 2.60. The van der Waals surface area contributed by atoms with Crippen LogP contribution in [0.25, 0.3) is 135 Å². The van der Waals surface area contributed by atoms with Gasteiger partial charge in [0.1, 0.15) is 21.1 Å². The summed E-state index contributed by atoms with van der Waals surface area (Å²) in [6.45, 7) is 12.8. The maximum Gasteiger partial charge on any atom is 0.227 e. The van der Waals surface area contributed by atoms with Crippen molar-refractivity contribution in [1.29, 1.82) is 0 Å². The van der Waals surface area contributed by atoms with Crippen LogP contribution in [0.3, 0.4) is 0 Å². The molecule has 19 aromatic rings. The first kappa shape index (κ1) is 71.2. The minimum Gasteiger partial charge on any atom is -0.437 e. The summed E-state index contributed by atoms with van der Waals surface area (Å²) < 4.78 is 19.9. The Hall–Kier alpha value is -13.8. The standard InChI is InChI=1S/C43H33N2O.C42H31N2O.C29H22NS/c1-23-12-15-32-33-16-13-25(3)44-43(33)46-42(32)39(23)38-21-34(24(2)22-45(38)4)28-14-17-31-35(20-28)41-30-11-6-5-10-29(30)40(31)36-18-26-8-7-9-27(26)19-37(36)41;1-23-11-14-32-33-15-12-24(2)43-42(33)45-41(32)38(23)37-22-28(17-18-44(37)3)27-13-16-31-34(21-27)40-30-10-5-4-9-29(30)39(31)35-19-25-7-6-8-26(25)20-36(35)40;1-17-7-3-4-8-20(17)26-12-11-23-27-21-9-5-6-10-22(21)28(29(23)30(26)2)25-14-19-16-31-15-18(19)13-24(25)27/h5-6,8-22,40-41H,7H2,1-4H3;4-5,7-22,39-40H,6H2,1-3H3;3-16,27-28H,1-2H3/q3*+1. The fourth-order valence-corrected chi connectivity index (χ4v) is 23.8. The van der Waals surface area contributed by atoms with Gasteiger partial charge in [-0.1, -0.05) is 188 Å². The predicted molar refractivity (Wildman–Crippen MR) is 494 cm³/mol. The van der Waals surface area contributed by atoms with E-state index in [1.165, 1.54) is 188 Å². The van der Waals surface area contributed by atoms with Crippen molar-refractivity contribution in [2.45, 2.75) is 89.9 Å². The van der Waals surface area contributed by atoms with Crippen LogP contribution in [0.5, 0.6) is 0 Å². The average molecular weight is 1590 g/mol. The fraction of sp³-hybridized carbons (Fsp3) is 0.149. The van der Waals surface area contributed by atoms with Crippen molar-refractivity contribution < 1.29 is 22.5 Å². The van der Waals surface area contributed by atoms with Gasteiger partial charge in [-0.05, 0) is 285 Å². The number of aromatic nitrogens is 5. The van der Waals surface area contributed by atoms with Crippen molar-refractivity contribution in [1.82, 2.24) is 9.97 Å². The summed E-state index contributed by atoms with van der Waals surface area (Å²) in [5.41, 5.74) is 48.5. The molecule has 122 heavy (non-hydrogen) atoms. The van der Waals surface area contributed by atoms with Crippen molar-refractivity contribution in [3.8, 4) is 56.0 Å². The van der Waals surface area contributed by atoms with Gasteiger partial charge < -0.3 is 8.83 Å². The number of aryl methyl sites for hydroxylation is 8. The molecule has 30 rings (SSSR count). The second-order valence-electron chi connectivity index (χ2n) is 35.5. The van der Waals surface area contributed by atoms with Gasteiger partial charge in [-0.3, -0.25) is 0 Å². The highest BCUT2D eigenvalue weighted by atomic mass is 32.1. The number of thiophene rings is 1. The summed E-state index contributed by atoms with van der Waals surface area (Å²) in [6.07, 6.45) is 16.0. The molecule has 8 heteroatoms. The van der Waals surface area contributed by atoms with Gasteiger partial charge in [0, 0.05) is 103 Å². The molecule has 11 aliphatic rings. The third kappa shape index (κ3) is 10.4. The molecule has 0 fully saturated rings. The molecule has 0 saturated heterocycles. The van der Waals surface area contributed by atoms with Gasteiger partial charge in [0.2, 0.25) is 28.5 Å². The van der Waals surface area contributed by atoms with Crippen LogP contribution < -0.4 is 34.6 Å². The van der Waals surface area contributed by atoms with Crippen molar-refractivity contribution in [2.24, 2.45) is 21.1 Å². The van der Waals surface area contributed by atoms with E-state index >= 15 is 0 Å². The molecule has 0 spiro atoms. The van der Waals surface area contributed by atoms with Gasteiger partial charge in [0.15, 0.2) is 29.3 Å². The van der Waals surface area contributed by atoms with Crippen LogP contribution >= 0.6 is 11.3 Å². The van der Waals surface area contributed by atoms with Gasteiger partial charge in [0.05, 0.1) is 17.0 Å². The first-order chi connectivity index (χ1) is 59.7. The summed E-state index contributed by atoms with van der Waals surface area (Å²) in [4.78, 5) is 9.41. The molecule has 0 N–H and O–H groups in total. The quantitative estimate of drug-likeness (QED) is 0.161. The lowest BCUT2D eigenvalue weighted by Gasteiger charge is -2.42. The van der Waals surface area contributed by atoms with Crippen LogP contribution in [-0.2, 0) is 21.1 Å². The molecular formula is C114H86N5O2S+3. The van der Waals surface area contributed by atoms with E-state index in [0.29, 0.717) is 17.3 Å². The second-order valence-corrected chi connectivity index (χ2v) is 36.2. The normalized spacial score (nSPS) is 17.3. The van der Waals surface area contributed by atoms with E-state index in [2.05, 4.69) is 359 Å². The van der Waals surface area contributed by atoms with Crippen molar-refractivity contribution in [3.63, 3.8) is 0 Å². The summed E-state index contributed by atoms with van der Waals surface area (Å²) in [5, 5.41) is 17.2. The summed E-state index contributed by atoms with van der Waals surface area (Å²) in [6, 6.07) is 94.1. The number of rotatable bonds is 5. The Kier molecular flexibility index (Phi) is 15.5. The van der Waals surface area contributed by atoms with Crippen LogP contribution in [0, 0.1) is 41.5 Å². The maximum absolute atomic E-state index is 6.51. The van der Waals surface area contributed by atoms with Gasteiger partial charge in [0.25, 0.3) is 0 Å². The van der Waals surface area contributed by atoms with Gasteiger partial charge in [-0.15, -0.1) is 0 Å². The minimum absolute atomic E-state index is 0.243. The molecule has 0 amide bonds. The van der Waals surface area contributed by atoms with Gasteiger partial charge in [-0.25, -0.2) is 19.1 Å². The monoisotopic (exact) mass is 1590 g/mol. The number of hydrogen-bond acceptors (Lipinski definition) is 5. The smallest absolute Gasteiger partial charge is 0.227 e. The molecule has 8 aromatic heterocycles. The fourth-order valence-electron chi connectivity index (χ4n) is 23.1. The van der Waals surface area contributed by atoms with Crippen LogP contribution in [0.1, 0.15) is 182 Å². The number of furan rings is 2. The lowest BCUT2D eigenvalue weighted by Crippen LogP contribution is -2.44. The zero-order valence-electron chi connectivity index (χ0n) is 69.6. The average Bonchev–Trinajstić information content (AvgIpc) is 0.860. The van der Waals surface area contributed by atoms with E-state index in [0.717, 1.165) is 79.5 Å². The topological polar surface area (TPSA) is 63.7 Å². The molecular weight excluding hydrogens is 1500 g/mol. The van der Waals surface area contributed by atoms with Gasteiger partial charge in [-0.2, -0.15) is 15.9 Å². The van der Waals surface area contributed by atoms with Crippen molar-refractivity contribution in [2.75, 3.05) is 0 Å². The number of nitrogens with zero attached hydrogens (tertiary/aromatic N) is 5. The van der Waals surface area contributed by atoms with Crippen LogP contribution in [0.4, 0.5) is 0 Å². The van der Waals surface area contributed by atoms with E-state index in [-0.39, 0.29) is 29.6 Å². The molecule has 6 atom stereocenters. The Morgan fingerprint density at radius 2 is 0.721 bits per heavy atom. The molecule has 6 unspecified atom stereocenters. The van der Waals surface area contributed by atoms with Gasteiger partial charge >= 0.3 is 0 Å². The number of hydrogen-bond donors (Lipinski definition) is 0. The van der Waals surface area contributed by atoms with Crippen LogP contribution in [0.2, 0.25) is 0 Å². The van der Waals surface area contributed by atoms with E-state index < -0.39 is 0 Å². The largest absolute Gasteiger partial charge is 0.437 e. The maximum atomic E-state index is 6.51. The highest BCUT2D eigenvalue weighted by Gasteiger charge is 2.48. The Labute approximate surface area is 711 Å². The van der Waals surface area contributed by atoms with Crippen molar-refractivity contribution >= 4 is 90.6 Å². The van der Waals surface area contributed by atoms with E-state index in [1.54, 1.807) is 11.3 Å². The third-order valence-electron chi connectivity index (χ3n) is 28.7. The molecule has 582 valence electrons. The molecule has 0 radical (unpaired) electrons. The van der Waals surface area contributed by atoms with E-state index in [4.69, 9.17) is 18.8 Å². The summed E-state index contributed by atoms with van der Waals surface area (Å²) in [5.74, 6) is 1.64. The van der Waals surface area contributed by atoms with Crippen molar-refractivity contribution in [3.05, 3.63) is 427 Å². The molecule has 0 aliphatic heterocycles. The molecule has 0 saturated carbocycles. The first-order valence-electron chi connectivity index (χ1n) is 43.1. The van der Waals surface area contributed by atoms with Crippen LogP contribution in [0.15, 0.2) is 281 Å². The number of pyridine rings is 5. The molecule has 11 aliphatic carbocycles. The Morgan fingerprint density at radius 3 is 1.25 bits per heavy atom. The summed E-state index contributed by atoms with van der Waals surface area (Å²) in [7, 11) is 6.52. The Bertz CT molecular complexity index is 8210. The SMILES string of the molecule is Cc1ccc2c(n1)oc1c(-c3cc(-c4ccc5c(c4)C4c6ccccc6C5c5cc6c(cc54)=CCC=6)c(C)c[n+]3C)c(C)ccc12.Cc1ccc2c(n1)oc1c(-c3cc(-c4ccc5c(c4)C4c6ccccc6C5c5cc6c(cc54)=CCC=6)cc[n+]3C)c(C)ccc12.Cc1ccccc1-c1ccc2c([n+]1C)C1c3ccccc3C2c2cc3cscc3cc21. The highest BCUT2D eigenvalue weighted by molar-refractivity contribution is 7.09. The lowest BCUT2D eigenvalue weighted by molar-refractivity contribution is -0.669. The molecule has 8 heterocycles. The second kappa shape index (κ2) is 26.6. The summed E-state index contributed by atoms with van der Waals surface area (Å²) >= 11 is 1.80. The number of benzene rings is 11. The zero-order chi connectivity index (χ0) is 81.5. The molecule has 11 aromatic carbocycles. The van der Waals surface area contributed by atoms with E-state index in [9.17, 15) is 0 Å². The Balaban J connectivity index is 0.000000103. The van der Waals surface area contributed by atoms with E-state index in [1.807, 2.05) is 13.8 Å². The zero-order valence-corrected chi connectivity index (χ0v) is 70.4. The predicted octanol–water partition coefficient (Wildman–Crippen LogP) is 22.4. The minimum atomic E-state index is 0.243. The molecule has 6 bridgehead atoms. The Morgan fingerprint density at radius 1 is 0.311 bits per heavy atom. The molecule has 7 nitrogen and oxygen atoms in total. The van der Waals surface area contributed by atoms with Crippen LogP contribution in [-0.4, -0.2) is 9.97 Å². The number of fused-ring (bicyclic) bond motifs is 9.